The number of ether oxygens (including phenoxy) is 2. The number of nitrogens with one attached hydrogen (secondary N) is 3. The predicted octanol–water partition coefficient (Wildman–Crippen LogP) is 3.45. The van der Waals surface area contributed by atoms with Crippen LogP contribution in [0.25, 0.3) is 0 Å². The highest BCUT2D eigenvalue weighted by molar-refractivity contribution is 6.35. The summed E-state index contributed by atoms with van der Waals surface area (Å²) >= 11 is 6.39. The Bertz CT molecular complexity index is 1040. The van der Waals surface area contributed by atoms with Crippen molar-refractivity contribution in [1.82, 2.24) is 5.32 Å². The first kappa shape index (κ1) is 20.5. The second kappa shape index (κ2) is 7.49. The second-order valence-electron chi connectivity index (χ2n) is 7.82. The number of benzene rings is 2. The van der Waals surface area contributed by atoms with Gasteiger partial charge in [0.1, 0.15) is 17.0 Å². The zero-order chi connectivity index (χ0) is 21.6. The van der Waals surface area contributed by atoms with E-state index in [4.69, 9.17) is 21.1 Å². The smallest absolute Gasteiger partial charge is 0.250 e. The lowest BCUT2D eigenvalue weighted by molar-refractivity contribution is -0.130. The Balaban J connectivity index is 1.75. The lowest BCUT2D eigenvalue weighted by Crippen LogP contribution is -2.52. The third kappa shape index (κ3) is 3.09. The van der Waals surface area contributed by atoms with Gasteiger partial charge in [-0.1, -0.05) is 17.7 Å². The van der Waals surface area contributed by atoms with Crippen LogP contribution in [-0.4, -0.2) is 32.1 Å². The van der Waals surface area contributed by atoms with Crippen molar-refractivity contribution in [3.63, 3.8) is 0 Å². The molecule has 2 aliphatic rings. The van der Waals surface area contributed by atoms with E-state index >= 15 is 0 Å². The van der Waals surface area contributed by atoms with Crippen LogP contribution in [0.2, 0.25) is 5.02 Å². The zero-order valence-corrected chi connectivity index (χ0v) is 18.0. The summed E-state index contributed by atoms with van der Waals surface area (Å²) in [6, 6.07) is 8.84. The molecular formula is C22H24ClN3O4. The van der Waals surface area contributed by atoms with Gasteiger partial charge in [-0.05, 0) is 44.0 Å². The first-order valence-corrected chi connectivity index (χ1v) is 10.1. The van der Waals surface area contributed by atoms with Gasteiger partial charge in [-0.2, -0.15) is 0 Å². The quantitative estimate of drug-likeness (QED) is 0.692. The van der Waals surface area contributed by atoms with Gasteiger partial charge in [0.25, 0.3) is 0 Å². The van der Waals surface area contributed by atoms with Crippen molar-refractivity contribution >= 4 is 34.8 Å². The Morgan fingerprint density at radius 1 is 1.23 bits per heavy atom. The van der Waals surface area contributed by atoms with Crippen LogP contribution >= 0.6 is 11.6 Å². The topological polar surface area (TPSA) is 88.7 Å². The maximum atomic E-state index is 13.5. The van der Waals surface area contributed by atoms with Crippen LogP contribution in [0.5, 0.6) is 11.5 Å². The number of methoxy groups -OCH3 is 2. The fourth-order valence-electron chi connectivity index (χ4n) is 4.52. The summed E-state index contributed by atoms with van der Waals surface area (Å²) in [6.07, 6.45) is 0.497. The highest BCUT2D eigenvalue weighted by Gasteiger charge is 2.59. The van der Waals surface area contributed by atoms with E-state index in [1.807, 2.05) is 19.9 Å². The summed E-state index contributed by atoms with van der Waals surface area (Å²) in [4.78, 5) is 26.7. The van der Waals surface area contributed by atoms with E-state index in [-0.39, 0.29) is 17.9 Å². The molecule has 3 N–H and O–H groups in total. The van der Waals surface area contributed by atoms with Gasteiger partial charge in [0.15, 0.2) is 0 Å². The third-order valence-electron chi connectivity index (χ3n) is 5.82. The molecule has 2 aromatic rings. The number of hydrogen-bond donors (Lipinski definition) is 3. The summed E-state index contributed by atoms with van der Waals surface area (Å²) in [5, 5.41) is 9.64. The Morgan fingerprint density at radius 2 is 2.00 bits per heavy atom. The van der Waals surface area contributed by atoms with Gasteiger partial charge < -0.3 is 20.1 Å². The molecule has 1 fully saturated rings. The number of carbonyl (C=O) groups excluding carboxylic acids is 2. The molecule has 8 heteroatoms. The van der Waals surface area contributed by atoms with Crippen LogP contribution in [0.15, 0.2) is 30.3 Å². The summed E-state index contributed by atoms with van der Waals surface area (Å²) in [5.41, 5.74) is 1.49. The molecular weight excluding hydrogens is 406 g/mol. The summed E-state index contributed by atoms with van der Waals surface area (Å²) in [5.74, 6) is -0.0916. The minimum atomic E-state index is -1.18. The number of amides is 2. The lowest BCUT2D eigenvalue weighted by atomic mass is 9.79. The fraction of sp³-hybridized carbons (Fsp3) is 0.364. The second-order valence-corrected chi connectivity index (χ2v) is 8.23. The largest absolute Gasteiger partial charge is 0.497 e. The van der Waals surface area contributed by atoms with E-state index in [0.717, 1.165) is 5.56 Å². The van der Waals surface area contributed by atoms with Crippen molar-refractivity contribution in [1.29, 1.82) is 0 Å². The number of anilines is 2. The van der Waals surface area contributed by atoms with Crippen molar-refractivity contribution in [3.8, 4) is 11.5 Å². The Hall–Kier alpha value is -2.77. The number of fused-ring (bicyclic) bond motifs is 2. The van der Waals surface area contributed by atoms with Gasteiger partial charge in [-0.3, -0.25) is 14.9 Å². The molecule has 158 valence electrons. The van der Waals surface area contributed by atoms with E-state index in [1.165, 1.54) is 7.11 Å². The predicted molar refractivity (Wildman–Crippen MR) is 115 cm³/mol. The van der Waals surface area contributed by atoms with Gasteiger partial charge in [-0.15, -0.1) is 0 Å². The SMILES string of the molecule is COc1ccc(OC)c(NC(=O)[C@H]2C[C@H](C)N[C@]23C(=O)Nc2c(Cl)cc(C)cc23)c1. The van der Waals surface area contributed by atoms with Crippen LogP contribution in [-0.2, 0) is 15.1 Å². The number of carbonyl (C=O) groups is 2. The van der Waals surface area contributed by atoms with Crippen LogP contribution in [0.1, 0.15) is 24.5 Å². The third-order valence-corrected chi connectivity index (χ3v) is 6.12. The fourth-order valence-corrected chi connectivity index (χ4v) is 4.84. The Labute approximate surface area is 180 Å². The minimum absolute atomic E-state index is 0.0380. The molecule has 0 bridgehead atoms. The normalized spacial score (nSPS) is 24.5. The molecule has 0 saturated carbocycles. The maximum Gasteiger partial charge on any atom is 0.250 e. The molecule has 4 rings (SSSR count). The van der Waals surface area contributed by atoms with E-state index in [0.29, 0.717) is 39.9 Å². The lowest BCUT2D eigenvalue weighted by Gasteiger charge is -2.29. The maximum absolute atomic E-state index is 13.5. The average molecular weight is 430 g/mol. The summed E-state index contributed by atoms with van der Waals surface area (Å²) < 4.78 is 10.6. The monoisotopic (exact) mass is 429 g/mol. The molecule has 2 heterocycles. The molecule has 3 atom stereocenters. The van der Waals surface area contributed by atoms with Gasteiger partial charge >= 0.3 is 0 Å². The molecule has 0 unspecified atom stereocenters. The van der Waals surface area contributed by atoms with Crippen LogP contribution in [0.4, 0.5) is 11.4 Å². The van der Waals surface area contributed by atoms with Crippen LogP contribution in [0.3, 0.4) is 0 Å². The number of halogens is 1. The molecule has 30 heavy (non-hydrogen) atoms. The van der Waals surface area contributed by atoms with Gasteiger partial charge in [-0.25, -0.2) is 0 Å². The number of hydrogen-bond acceptors (Lipinski definition) is 5. The van der Waals surface area contributed by atoms with Crippen molar-refractivity contribution in [2.45, 2.75) is 31.8 Å². The number of rotatable bonds is 4. The van der Waals surface area contributed by atoms with Crippen molar-refractivity contribution < 1.29 is 19.1 Å². The Kier molecular flexibility index (Phi) is 5.11. The first-order valence-electron chi connectivity index (χ1n) is 9.72. The van der Waals surface area contributed by atoms with E-state index in [2.05, 4.69) is 16.0 Å². The van der Waals surface area contributed by atoms with Gasteiger partial charge in [0.2, 0.25) is 11.8 Å². The van der Waals surface area contributed by atoms with Crippen molar-refractivity contribution in [2.24, 2.45) is 5.92 Å². The number of aryl methyl sites for hydroxylation is 1. The van der Waals surface area contributed by atoms with Crippen molar-refractivity contribution in [3.05, 3.63) is 46.5 Å². The highest BCUT2D eigenvalue weighted by Crippen LogP contribution is 2.49. The molecule has 1 spiro atoms. The molecule has 0 aliphatic carbocycles. The van der Waals surface area contributed by atoms with Crippen LogP contribution < -0.4 is 25.4 Å². The standard InChI is InChI=1S/C22H24ClN3O4/c1-11-7-14-19(16(23)8-11)25-21(28)22(14)15(9-12(2)26-22)20(27)24-17-10-13(29-3)5-6-18(17)30-4/h5-8,10,12,15,26H,9H2,1-4H3,(H,24,27)(H,25,28)/t12-,15+,22-/m0/s1. The molecule has 7 nitrogen and oxygen atoms in total. The van der Waals surface area contributed by atoms with Crippen LogP contribution in [0, 0.1) is 12.8 Å². The van der Waals surface area contributed by atoms with E-state index in [1.54, 1.807) is 31.4 Å². The van der Waals surface area contributed by atoms with Crippen molar-refractivity contribution in [2.75, 3.05) is 24.9 Å². The summed E-state index contributed by atoms with van der Waals surface area (Å²) in [6.45, 7) is 3.88. The highest BCUT2D eigenvalue weighted by atomic mass is 35.5. The summed E-state index contributed by atoms with van der Waals surface area (Å²) in [7, 11) is 3.08. The minimum Gasteiger partial charge on any atom is -0.497 e. The molecule has 2 aliphatic heterocycles. The first-order chi connectivity index (χ1) is 14.3. The zero-order valence-electron chi connectivity index (χ0n) is 17.3. The van der Waals surface area contributed by atoms with E-state index < -0.39 is 11.5 Å². The van der Waals surface area contributed by atoms with Gasteiger partial charge in [0.05, 0.1) is 36.5 Å². The molecule has 0 radical (unpaired) electrons. The van der Waals surface area contributed by atoms with E-state index in [9.17, 15) is 9.59 Å². The molecule has 2 amide bonds. The average Bonchev–Trinajstić information content (AvgIpc) is 3.20. The molecule has 0 aromatic heterocycles. The van der Waals surface area contributed by atoms with Gasteiger partial charge in [0, 0.05) is 17.7 Å². The Morgan fingerprint density at radius 3 is 2.70 bits per heavy atom. The molecule has 2 aromatic carbocycles. The molecule has 1 saturated heterocycles.